The van der Waals surface area contributed by atoms with Gasteiger partial charge in [0, 0.05) is 10.9 Å². The molecule has 1 heterocycles. The number of nitrogens with zero attached hydrogens (tertiary/aromatic N) is 1. The van der Waals surface area contributed by atoms with Gasteiger partial charge >= 0.3 is 5.97 Å². The SMILES string of the molecule is C[C@H](OC(=O)Cc1noc2ccccc12)C(=O)NC(C)(C)C. The Balaban J connectivity index is 1.97. The second kappa shape index (κ2) is 6.17. The number of fused-ring (bicyclic) bond motifs is 1. The fourth-order valence-corrected chi connectivity index (χ4v) is 1.97. The van der Waals surface area contributed by atoms with Crippen LogP contribution in [0.5, 0.6) is 0 Å². The van der Waals surface area contributed by atoms with Gasteiger partial charge < -0.3 is 14.6 Å². The van der Waals surface area contributed by atoms with E-state index in [2.05, 4.69) is 10.5 Å². The maximum absolute atomic E-state index is 12.0. The van der Waals surface area contributed by atoms with Crippen molar-refractivity contribution in [1.82, 2.24) is 10.5 Å². The van der Waals surface area contributed by atoms with E-state index in [0.29, 0.717) is 11.3 Å². The molecule has 0 radical (unpaired) electrons. The van der Waals surface area contributed by atoms with E-state index < -0.39 is 12.1 Å². The molecule has 22 heavy (non-hydrogen) atoms. The van der Waals surface area contributed by atoms with Gasteiger partial charge in [0.1, 0.15) is 5.69 Å². The molecule has 0 fully saturated rings. The Labute approximate surface area is 128 Å². The van der Waals surface area contributed by atoms with Gasteiger partial charge in [-0.2, -0.15) is 0 Å². The zero-order valence-electron chi connectivity index (χ0n) is 13.2. The Kier molecular flexibility index (Phi) is 4.49. The monoisotopic (exact) mass is 304 g/mol. The van der Waals surface area contributed by atoms with E-state index in [1.807, 2.05) is 39.0 Å². The number of amides is 1. The number of esters is 1. The topological polar surface area (TPSA) is 81.4 Å². The number of nitrogens with one attached hydrogen (secondary N) is 1. The average Bonchev–Trinajstić information content (AvgIpc) is 2.80. The zero-order chi connectivity index (χ0) is 16.3. The van der Waals surface area contributed by atoms with E-state index in [9.17, 15) is 9.59 Å². The highest BCUT2D eigenvalue weighted by atomic mass is 16.5. The van der Waals surface area contributed by atoms with Crippen LogP contribution in [0, 0.1) is 0 Å². The highest BCUT2D eigenvalue weighted by molar-refractivity contribution is 5.86. The van der Waals surface area contributed by atoms with Crippen LogP contribution in [0.15, 0.2) is 28.8 Å². The van der Waals surface area contributed by atoms with Gasteiger partial charge in [-0.3, -0.25) is 9.59 Å². The predicted molar refractivity (Wildman–Crippen MR) is 81.2 cm³/mol. The van der Waals surface area contributed by atoms with Crippen molar-refractivity contribution in [3.63, 3.8) is 0 Å². The molecule has 0 aliphatic heterocycles. The Morgan fingerprint density at radius 1 is 1.32 bits per heavy atom. The maximum atomic E-state index is 12.0. The van der Waals surface area contributed by atoms with E-state index in [1.54, 1.807) is 13.0 Å². The van der Waals surface area contributed by atoms with Crippen molar-refractivity contribution in [1.29, 1.82) is 0 Å². The summed E-state index contributed by atoms with van der Waals surface area (Å²) in [5.74, 6) is -0.846. The summed E-state index contributed by atoms with van der Waals surface area (Å²) in [6, 6.07) is 7.27. The largest absolute Gasteiger partial charge is 0.452 e. The molecule has 0 unspecified atom stereocenters. The van der Waals surface area contributed by atoms with Crippen molar-refractivity contribution in [3.05, 3.63) is 30.0 Å². The normalized spacial score (nSPS) is 12.9. The Morgan fingerprint density at radius 3 is 2.68 bits per heavy atom. The first-order chi connectivity index (χ1) is 10.3. The number of ether oxygens (including phenoxy) is 1. The van der Waals surface area contributed by atoms with Crippen LogP contribution in [-0.4, -0.2) is 28.7 Å². The van der Waals surface area contributed by atoms with Crippen molar-refractivity contribution >= 4 is 22.8 Å². The van der Waals surface area contributed by atoms with Gasteiger partial charge in [-0.15, -0.1) is 0 Å². The molecule has 1 N–H and O–H groups in total. The van der Waals surface area contributed by atoms with Crippen molar-refractivity contribution in [2.75, 3.05) is 0 Å². The second-order valence-electron chi connectivity index (χ2n) is 6.17. The molecule has 0 bridgehead atoms. The van der Waals surface area contributed by atoms with Crippen molar-refractivity contribution < 1.29 is 18.8 Å². The number of carbonyl (C=O) groups excluding carboxylic acids is 2. The Hall–Kier alpha value is -2.37. The van der Waals surface area contributed by atoms with Gasteiger partial charge in [-0.25, -0.2) is 0 Å². The van der Waals surface area contributed by atoms with Gasteiger partial charge in [0.05, 0.1) is 6.42 Å². The smallest absolute Gasteiger partial charge is 0.312 e. The summed E-state index contributed by atoms with van der Waals surface area (Å²) >= 11 is 0. The third kappa shape index (κ3) is 4.07. The van der Waals surface area contributed by atoms with E-state index in [1.165, 1.54) is 0 Å². The minimum Gasteiger partial charge on any atom is -0.452 e. The van der Waals surface area contributed by atoms with E-state index in [-0.39, 0.29) is 17.9 Å². The van der Waals surface area contributed by atoms with Crippen molar-refractivity contribution in [3.8, 4) is 0 Å². The van der Waals surface area contributed by atoms with Gasteiger partial charge in [-0.1, -0.05) is 17.3 Å². The summed E-state index contributed by atoms with van der Waals surface area (Å²) in [6.07, 6.45) is -0.894. The highest BCUT2D eigenvalue weighted by Gasteiger charge is 2.23. The molecule has 0 saturated heterocycles. The number of benzene rings is 1. The summed E-state index contributed by atoms with van der Waals surface area (Å²) in [5, 5.41) is 7.40. The third-order valence-electron chi connectivity index (χ3n) is 2.94. The summed E-state index contributed by atoms with van der Waals surface area (Å²) in [6.45, 7) is 7.13. The first kappa shape index (κ1) is 16.0. The molecule has 1 atom stereocenters. The molecule has 1 amide bonds. The lowest BCUT2D eigenvalue weighted by Gasteiger charge is -2.23. The van der Waals surface area contributed by atoms with Gasteiger partial charge in [0.25, 0.3) is 5.91 Å². The molecule has 6 heteroatoms. The first-order valence-corrected chi connectivity index (χ1v) is 7.11. The fraction of sp³-hybridized carbons (Fsp3) is 0.438. The molecular weight excluding hydrogens is 284 g/mol. The molecule has 118 valence electrons. The second-order valence-corrected chi connectivity index (χ2v) is 6.17. The van der Waals surface area contributed by atoms with Gasteiger partial charge in [0.15, 0.2) is 11.7 Å². The molecular formula is C16H20N2O4. The molecule has 6 nitrogen and oxygen atoms in total. The summed E-state index contributed by atoms with van der Waals surface area (Å²) in [4.78, 5) is 23.8. The van der Waals surface area contributed by atoms with Crippen LogP contribution in [0.1, 0.15) is 33.4 Å². The van der Waals surface area contributed by atoms with E-state index in [0.717, 1.165) is 5.39 Å². The van der Waals surface area contributed by atoms with E-state index in [4.69, 9.17) is 9.26 Å². The summed E-state index contributed by atoms with van der Waals surface area (Å²) < 4.78 is 10.3. The average molecular weight is 304 g/mol. The van der Waals surface area contributed by atoms with Crippen molar-refractivity contribution in [2.45, 2.75) is 45.8 Å². The van der Waals surface area contributed by atoms with Crippen molar-refractivity contribution in [2.24, 2.45) is 0 Å². The lowest BCUT2D eigenvalue weighted by atomic mass is 10.1. The summed E-state index contributed by atoms with van der Waals surface area (Å²) in [5.41, 5.74) is 0.743. The molecule has 2 rings (SSSR count). The number of hydrogen-bond acceptors (Lipinski definition) is 5. The molecule has 0 aliphatic carbocycles. The number of aromatic nitrogens is 1. The maximum Gasteiger partial charge on any atom is 0.312 e. The van der Waals surface area contributed by atoms with Crippen LogP contribution in [0.3, 0.4) is 0 Å². The molecule has 1 aromatic carbocycles. The molecule has 1 aromatic heterocycles. The van der Waals surface area contributed by atoms with E-state index >= 15 is 0 Å². The molecule has 0 saturated carbocycles. The van der Waals surface area contributed by atoms with Crippen LogP contribution in [0.25, 0.3) is 11.0 Å². The number of carbonyl (C=O) groups is 2. The van der Waals surface area contributed by atoms with Crippen LogP contribution in [-0.2, 0) is 20.7 Å². The number of para-hydroxylation sites is 1. The summed E-state index contributed by atoms with van der Waals surface area (Å²) in [7, 11) is 0. The molecule has 0 aliphatic rings. The number of hydrogen-bond donors (Lipinski definition) is 1. The lowest BCUT2D eigenvalue weighted by Crippen LogP contribution is -2.46. The molecule has 0 spiro atoms. The number of rotatable bonds is 4. The quantitative estimate of drug-likeness (QED) is 0.876. The van der Waals surface area contributed by atoms with Crippen LogP contribution in [0.4, 0.5) is 0 Å². The third-order valence-corrected chi connectivity index (χ3v) is 2.94. The van der Waals surface area contributed by atoms with Crippen LogP contribution < -0.4 is 5.32 Å². The minimum absolute atomic E-state index is 0.0375. The van der Waals surface area contributed by atoms with Gasteiger partial charge in [-0.05, 0) is 39.8 Å². The highest BCUT2D eigenvalue weighted by Crippen LogP contribution is 2.18. The van der Waals surface area contributed by atoms with Crippen LogP contribution in [0.2, 0.25) is 0 Å². The standard InChI is InChI=1S/C16H20N2O4/c1-10(15(20)17-16(2,3)4)21-14(19)9-12-11-7-5-6-8-13(11)22-18-12/h5-8,10H,9H2,1-4H3,(H,17,20)/t10-/m0/s1. The predicted octanol–water partition coefficient (Wildman–Crippen LogP) is 2.22. The van der Waals surface area contributed by atoms with Crippen LogP contribution >= 0.6 is 0 Å². The minimum atomic E-state index is -0.857. The fourth-order valence-electron chi connectivity index (χ4n) is 1.97. The van der Waals surface area contributed by atoms with Gasteiger partial charge in [0.2, 0.25) is 0 Å². The Morgan fingerprint density at radius 2 is 2.00 bits per heavy atom. The Bertz CT molecular complexity index is 685. The molecule has 2 aromatic rings. The lowest BCUT2D eigenvalue weighted by molar-refractivity contribution is -0.154. The first-order valence-electron chi connectivity index (χ1n) is 7.11. The zero-order valence-corrected chi connectivity index (χ0v) is 13.2.